The van der Waals surface area contributed by atoms with Crippen LogP contribution >= 0.6 is 11.3 Å². The molecule has 7 heteroatoms. The second-order valence-corrected chi connectivity index (χ2v) is 9.99. The fraction of sp³-hybridized carbons (Fsp3) is 0.423. The van der Waals surface area contributed by atoms with Gasteiger partial charge in [0.2, 0.25) is 11.8 Å². The molecule has 2 fully saturated rings. The number of likely N-dealkylation sites (tertiary alicyclic amines) is 2. The minimum atomic E-state index is -0.536. The zero-order chi connectivity index (χ0) is 23.3. The van der Waals surface area contributed by atoms with E-state index in [9.17, 15) is 14.4 Å². The van der Waals surface area contributed by atoms with Crippen LogP contribution in [-0.4, -0.2) is 59.7 Å². The van der Waals surface area contributed by atoms with E-state index < -0.39 is 6.04 Å². The van der Waals surface area contributed by atoms with E-state index in [1.165, 1.54) is 6.92 Å². The molecule has 172 valence electrons. The molecule has 0 bridgehead atoms. The standard InChI is InChI=1S/C26H29N3O3S/c1-20(30)27-23(18-22-8-5-17-33-22)25(32)29-16-13-26(19-29)11-14-28(15-12-26)24(31)10-9-21-6-3-2-4-7-21/h2-8,17,23H,11-16,18-19H2,1H3,(H,27,30)/t23-/m0/s1. The number of carbonyl (C=O) groups is 3. The smallest absolute Gasteiger partial charge is 0.298 e. The van der Waals surface area contributed by atoms with E-state index >= 15 is 0 Å². The number of carbonyl (C=O) groups excluding carboxylic acids is 3. The quantitative estimate of drug-likeness (QED) is 0.709. The molecule has 1 N–H and O–H groups in total. The van der Waals surface area contributed by atoms with Crippen molar-refractivity contribution in [1.29, 1.82) is 0 Å². The molecule has 1 aromatic heterocycles. The van der Waals surface area contributed by atoms with E-state index in [2.05, 4.69) is 17.2 Å². The Morgan fingerprint density at radius 3 is 2.36 bits per heavy atom. The summed E-state index contributed by atoms with van der Waals surface area (Å²) in [6.45, 7) is 4.15. The molecule has 0 aliphatic carbocycles. The highest BCUT2D eigenvalue weighted by atomic mass is 32.1. The Morgan fingerprint density at radius 1 is 1.03 bits per heavy atom. The summed E-state index contributed by atoms with van der Waals surface area (Å²) in [6.07, 6.45) is 3.18. The van der Waals surface area contributed by atoms with E-state index in [0.29, 0.717) is 32.6 Å². The third-order valence-corrected chi connectivity index (χ3v) is 7.51. The van der Waals surface area contributed by atoms with Crippen molar-refractivity contribution in [3.63, 3.8) is 0 Å². The number of thiophene rings is 1. The molecule has 2 saturated heterocycles. The van der Waals surface area contributed by atoms with Gasteiger partial charge in [-0.15, -0.1) is 11.3 Å². The van der Waals surface area contributed by atoms with E-state index in [-0.39, 0.29) is 23.1 Å². The van der Waals surface area contributed by atoms with Gasteiger partial charge < -0.3 is 15.1 Å². The first-order valence-electron chi connectivity index (χ1n) is 11.4. The largest absolute Gasteiger partial charge is 0.344 e. The molecule has 3 heterocycles. The summed E-state index contributed by atoms with van der Waals surface area (Å²) < 4.78 is 0. The number of piperidine rings is 1. The highest BCUT2D eigenvalue weighted by Gasteiger charge is 2.43. The van der Waals surface area contributed by atoms with Gasteiger partial charge in [-0.05, 0) is 48.3 Å². The van der Waals surface area contributed by atoms with Crippen molar-refractivity contribution in [2.24, 2.45) is 5.41 Å². The van der Waals surface area contributed by atoms with Gasteiger partial charge in [-0.25, -0.2) is 0 Å². The third-order valence-electron chi connectivity index (χ3n) is 6.61. The molecule has 3 amide bonds. The minimum absolute atomic E-state index is 0.0114. The molecule has 33 heavy (non-hydrogen) atoms. The minimum Gasteiger partial charge on any atom is -0.344 e. The van der Waals surface area contributed by atoms with Gasteiger partial charge in [-0.3, -0.25) is 14.4 Å². The van der Waals surface area contributed by atoms with Crippen LogP contribution in [0.3, 0.4) is 0 Å². The van der Waals surface area contributed by atoms with Crippen LogP contribution in [0.25, 0.3) is 0 Å². The van der Waals surface area contributed by atoms with Crippen LogP contribution in [-0.2, 0) is 20.8 Å². The lowest BCUT2D eigenvalue weighted by atomic mass is 9.78. The van der Waals surface area contributed by atoms with Crippen molar-refractivity contribution in [3.05, 3.63) is 58.3 Å². The zero-order valence-corrected chi connectivity index (χ0v) is 19.7. The molecule has 1 atom stereocenters. The van der Waals surface area contributed by atoms with Crippen LogP contribution in [0.5, 0.6) is 0 Å². The highest BCUT2D eigenvalue weighted by molar-refractivity contribution is 7.09. The predicted molar refractivity (Wildman–Crippen MR) is 128 cm³/mol. The number of hydrogen-bond donors (Lipinski definition) is 1. The molecule has 2 aliphatic rings. The van der Waals surface area contributed by atoms with Gasteiger partial charge in [0.15, 0.2) is 0 Å². The number of benzene rings is 1. The monoisotopic (exact) mass is 463 g/mol. The van der Waals surface area contributed by atoms with E-state index in [1.807, 2.05) is 57.6 Å². The third kappa shape index (κ3) is 5.82. The van der Waals surface area contributed by atoms with Gasteiger partial charge in [0.25, 0.3) is 5.91 Å². The first-order chi connectivity index (χ1) is 15.9. The zero-order valence-electron chi connectivity index (χ0n) is 18.9. The van der Waals surface area contributed by atoms with Crippen LogP contribution in [0.4, 0.5) is 0 Å². The first-order valence-corrected chi connectivity index (χ1v) is 12.3. The molecular formula is C26H29N3O3S. The number of nitrogens with one attached hydrogen (secondary N) is 1. The Morgan fingerprint density at radius 2 is 1.73 bits per heavy atom. The van der Waals surface area contributed by atoms with E-state index in [1.54, 1.807) is 11.3 Å². The van der Waals surface area contributed by atoms with Crippen molar-refractivity contribution >= 4 is 29.1 Å². The maximum Gasteiger partial charge on any atom is 0.298 e. The summed E-state index contributed by atoms with van der Waals surface area (Å²) in [6, 6.07) is 12.9. The molecule has 0 unspecified atom stereocenters. The van der Waals surface area contributed by atoms with Gasteiger partial charge in [-0.1, -0.05) is 30.2 Å². The molecule has 4 rings (SSSR count). The lowest BCUT2D eigenvalue weighted by Gasteiger charge is -2.38. The van der Waals surface area contributed by atoms with Gasteiger partial charge in [0.1, 0.15) is 6.04 Å². The van der Waals surface area contributed by atoms with Gasteiger partial charge in [0.05, 0.1) is 0 Å². The van der Waals surface area contributed by atoms with Crippen molar-refractivity contribution in [2.75, 3.05) is 26.2 Å². The number of nitrogens with zero attached hydrogens (tertiary/aromatic N) is 2. The SMILES string of the molecule is CC(=O)N[C@@H](Cc1cccs1)C(=O)N1CCC2(CCN(C(=O)C#Cc3ccccc3)CC2)C1. The average Bonchev–Trinajstić information content (AvgIpc) is 3.48. The van der Waals surface area contributed by atoms with Crippen molar-refractivity contribution in [3.8, 4) is 11.8 Å². The molecule has 2 aliphatic heterocycles. The fourth-order valence-corrected chi connectivity index (χ4v) is 5.49. The molecular weight excluding hydrogens is 434 g/mol. The number of hydrogen-bond acceptors (Lipinski definition) is 4. The first kappa shape index (κ1) is 23.1. The summed E-state index contributed by atoms with van der Waals surface area (Å²) in [4.78, 5) is 42.3. The second-order valence-electron chi connectivity index (χ2n) is 8.95. The van der Waals surface area contributed by atoms with Crippen molar-refractivity contribution in [1.82, 2.24) is 15.1 Å². The summed E-state index contributed by atoms with van der Waals surface area (Å²) in [5.74, 6) is 5.36. The normalized spacial score (nSPS) is 17.8. The predicted octanol–water partition coefficient (Wildman–Crippen LogP) is 2.69. The summed E-state index contributed by atoms with van der Waals surface area (Å²) in [5, 5.41) is 4.83. The lowest BCUT2D eigenvalue weighted by molar-refractivity contribution is -0.136. The maximum atomic E-state index is 13.3. The Bertz CT molecular complexity index is 1050. The van der Waals surface area contributed by atoms with Crippen LogP contribution in [0.1, 0.15) is 36.6 Å². The van der Waals surface area contributed by atoms with Gasteiger partial charge in [-0.2, -0.15) is 0 Å². The molecule has 0 radical (unpaired) electrons. The Hall–Kier alpha value is -3.11. The van der Waals surface area contributed by atoms with Crippen LogP contribution in [0, 0.1) is 17.3 Å². The Labute approximate surface area is 199 Å². The average molecular weight is 464 g/mol. The van der Waals surface area contributed by atoms with Crippen molar-refractivity contribution < 1.29 is 14.4 Å². The molecule has 2 aromatic rings. The van der Waals surface area contributed by atoms with E-state index in [0.717, 1.165) is 29.7 Å². The van der Waals surface area contributed by atoms with Crippen molar-refractivity contribution in [2.45, 2.75) is 38.6 Å². The van der Waals surface area contributed by atoms with E-state index in [4.69, 9.17) is 0 Å². The molecule has 0 saturated carbocycles. The lowest BCUT2D eigenvalue weighted by Crippen LogP contribution is -2.50. The topological polar surface area (TPSA) is 69.7 Å². The molecule has 1 spiro atoms. The molecule has 1 aromatic carbocycles. The highest BCUT2D eigenvalue weighted by Crippen LogP contribution is 2.40. The summed E-state index contributed by atoms with van der Waals surface area (Å²) in [7, 11) is 0. The Balaban J connectivity index is 1.33. The maximum absolute atomic E-state index is 13.3. The number of rotatable bonds is 4. The molecule has 6 nitrogen and oxygen atoms in total. The van der Waals surface area contributed by atoms with Crippen LogP contribution in [0.15, 0.2) is 47.8 Å². The van der Waals surface area contributed by atoms with Crippen LogP contribution < -0.4 is 5.32 Å². The fourth-order valence-electron chi connectivity index (χ4n) is 4.74. The summed E-state index contributed by atoms with van der Waals surface area (Å²) >= 11 is 1.59. The Kier molecular flexibility index (Phi) is 7.14. The second kappa shape index (κ2) is 10.2. The van der Waals surface area contributed by atoms with Gasteiger partial charge in [0, 0.05) is 55.9 Å². The van der Waals surface area contributed by atoms with Crippen LogP contribution in [0.2, 0.25) is 0 Å². The van der Waals surface area contributed by atoms with Gasteiger partial charge >= 0.3 is 0 Å². The summed E-state index contributed by atoms with van der Waals surface area (Å²) in [5.41, 5.74) is 0.878. The number of amides is 3.